The standard InChI is InChI=1S/C58H40N2.C3H6/c1-3-11-41(12-4-1)44-25-32-52(33-26-44)59(53-34-27-45(28-35-53)43-19-21-46(22-20-43)49-24-23-42-13-7-8-14-48(42)39-49)54-36-29-47(30-37-54)50-31-38-58-56(40-50)55-17-9-10-18-57(55)60(58)51-15-5-2-6-16-51;1-3-2/h1-40H;3H,1H2,2H3. The van der Waals surface area contributed by atoms with Gasteiger partial charge in [-0.15, -0.1) is 6.58 Å². The second-order valence-electron chi connectivity index (χ2n) is 15.8. The average Bonchev–Trinajstić information content (AvgIpc) is 3.69. The monoisotopic (exact) mass is 806 g/mol. The van der Waals surface area contributed by atoms with Crippen LogP contribution < -0.4 is 4.90 Å². The lowest BCUT2D eigenvalue weighted by atomic mass is 9.98. The van der Waals surface area contributed by atoms with Gasteiger partial charge in [0.15, 0.2) is 0 Å². The molecule has 0 aliphatic carbocycles. The first-order valence-corrected chi connectivity index (χ1v) is 21.6. The molecule has 0 saturated heterocycles. The van der Waals surface area contributed by atoms with Crippen LogP contribution in [0.3, 0.4) is 0 Å². The van der Waals surface area contributed by atoms with Gasteiger partial charge in [-0.05, 0) is 135 Å². The molecule has 1 heterocycles. The van der Waals surface area contributed by atoms with Crippen molar-refractivity contribution in [2.45, 2.75) is 6.92 Å². The number of allylic oxidation sites excluding steroid dienone is 1. The number of fused-ring (bicyclic) bond motifs is 4. The minimum Gasteiger partial charge on any atom is -0.311 e. The molecule has 0 unspecified atom stereocenters. The first kappa shape index (κ1) is 39.0. The van der Waals surface area contributed by atoms with Gasteiger partial charge in [-0.25, -0.2) is 0 Å². The van der Waals surface area contributed by atoms with Crippen LogP contribution in [-0.4, -0.2) is 4.57 Å². The van der Waals surface area contributed by atoms with E-state index in [-0.39, 0.29) is 0 Å². The van der Waals surface area contributed by atoms with Crippen molar-refractivity contribution >= 4 is 49.6 Å². The molecule has 0 atom stereocenters. The van der Waals surface area contributed by atoms with E-state index in [0.29, 0.717) is 0 Å². The predicted molar refractivity (Wildman–Crippen MR) is 271 cm³/mol. The number of rotatable bonds is 8. The molecule has 0 spiro atoms. The summed E-state index contributed by atoms with van der Waals surface area (Å²) < 4.78 is 2.37. The van der Waals surface area contributed by atoms with Crippen molar-refractivity contribution in [3.05, 3.63) is 255 Å². The molecule has 2 nitrogen and oxygen atoms in total. The smallest absolute Gasteiger partial charge is 0.0541 e. The van der Waals surface area contributed by atoms with Crippen LogP contribution in [0.25, 0.3) is 82.8 Å². The summed E-state index contributed by atoms with van der Waals surface area (Å²) in [5.74, 6) is 0. The maximum absolute atomic E-state index is 3.36. The van der Waals surface area contributed by atoms with Gasteiger partial charge in [0, 0.05) is 33.5 Å². The zero-order valence-electron chi connectivity index (χ0n) is 35.3. The molecule has 0 saturated carbocycles. The average molecular weight is 807 g/mol. The van der Waals surface area contributed by atoms with Crippen LogP contribution in [-0.2, 0) is 0 Å². The third-order valence-corrected chi connectivity index (χ3v) is 11.8. The van der Waals surface area contributed by atoms with E-state index in [0.717, 1.165) is 17.1 Å². The summed E-state index contributed by atoms with van der Waals surface area (Å²) in [6, 6.07) is 87.8. The Morgan fingerprint density at radius 3 is 1.29 bits per heavy atom. The molecule has 1 aromatic heterocycles. The van der Waals surface area contributed by atoms with Crippen LogP contribution in [0.4, 0.5) is 17.1 Å². The highest BCUT2D eigenvalue weighted by atomic mass is 15.1. The number of anilines is 3. The van der Waals surface area contributed by atoms with Gasteiger partial charge in [0.05, 0.1) is 11.0 Å². The van der Waals surface area contributed by atoms with Crippen molar-refractivity contribution in [3.63, 3.8) is 0 Å². The van der Waals surface area contributed by atoms with Gasteiger partial charge in [-0.3, -0.25) is 0 Å². The summed E-state index contributed by atoms with van der Waals surface area (Å²) in [5, 5.41) is 5.02. The summed E-state index contributed by atoms with van der Waals surface area (Å²) in [7, 11) is 0. The molecular formula is C61H46N2. The van der Waals surface area contributed by atoms with Crippen molar-refractivity contribution in [3.8, 4) is 50.2 Å². The van der Waals surface area contributed by atoms with Crippen molar-refractivity contribution < 1.29 is 0 Å². The predicted octanol–water partition coefficient (Wildman–Crippen LogP) is 17.3. The lowest BCUT2D eigenvalue weighted by molar-refractivity contribution is 1.18. The Hall–Kier alpha value is -8.20. The van der Waals surface area contributed by atoms with Crippen LogP contribution in [0.2, 0.25) is 0 Å². The van der Waals surface area contributed by atoms with E-state index < -0.39 is 0 Å². The number of benzene rings is 10. The van der Waals surface area contributed by atoms with E-state index in [2.05, 4.69) is 259 Å². The van der Waals surface area contributed by atoms with Crippen molar-refractivity contribution in [2.24, 2.45) is 0 Å². The van der Waals surface area contributed by atoms with E-state index in [1.807, 2.05) is 6.92 Å². The van der Waals surface area contributed by atoms with E-state index in [1.165, 1.54) is 82.8 Å². The van der Waals surface area contributed by atoms with Gasteiger partial charge in [-0.2, -0.15) is 0 Å². The molecule has 0 amide bonds. The van der Waals surface area contributed by atoms with Gasteiger partial charge in [0.25, 0.3) is 0 Å². The second-order valence-corrected chi connectivity index (χ2v) is 15.8. The summed E-state index contributed by atoms with van der Waals surface area (Å²) in [4.78, 5) is 2.35. The number of aromatic nitrogens is 1. The molecule has 0 bridgehead atoms. The Labute approximate surface area is 369 Å². The Balaban J connectivity index is 0.00000153. The molecule has 0 aliphatic rings. The quantitative estimate of drug-likeness (QED) is 0.139. The fraction of sp³-hybridized carbons (Fsp3) is 0.0164. The van der Waals surface area contributed by atoms with E-state index in [1.54, 1.807) is 6.08 Å². The highest BCUT2D eigenvalue weighted by Crippen LogP contribution is 2.39. The summed E-state index contributed by atoms with van der Waals surface area (Å²) in [6.07, 6.45) is 1.75. The fourth-order valence-corrected chi connectivity index (χ4v) is 8.72. The SMILES string of the molecule is C=CC.c1ccc(-c2ccc(N(c3ccc(-c4ccc(-c5ccc6ccccc6c5)cc4)cc3)c3ccc(-c4ccc5c(c4)c4ccccc4n5-c4ccccc4)cc3)cc2)cc1. The highest BCUT2D eigenvalue weighted by molar-refractivity contribution is 6.10. The van der Waals surface area contributed by atoms with Crippen LogP contribution in [0.1, 0.15) is 6.92 Å². The lowest BCUT2D eigenvalue weighted by Gasteiger charge is -2.26. The summed E-state index contributed by atoms with van der Waals surface area (Å²) >= 11 is 0. The van der Waals surface area contributed by atoms with Crippen LogP contribution in [0.15, 0.2) is 255 Å². The molecule has 63 heavy (non-hydrogen) atoms. The van der Waals surface area contributed by atoms with Gasteiger partial charge in [0.1, 0.15) is 0 Å². The molecule has 11 aromatic rings. The van der Waals surface area contributed by atoms with E-state index in [4.69, 9.17) is 0 Å². The molecular weight excluding hydrogens is 761 g/mol. The van der Waals surface area contributed by atoms with Crippen LogP contribution in [0, 0.1) is 0 Å². The Bertz CT molecular complexity index is 3310. The number of hydrogen-bond acceptors (Lipinski definition) is 1. The summed E-state index contributed by atoms with van der Waals surface area (Å²) in [6.45, 7) is 5.25. The normalized spacial score (nSPS) is 11.0. The molecule has 0 fully saturated rings. The fourth-order valence-electron chi connectivity index (χ4n) is 8.72. The minimum absolute atomic E-state index is 1.10. The zero-order valence-corrected chi connectivity index (χ0v) is 35.3. The number of nitrogens with zero attached hydrogens (tertiary/aromatic N) is 2. The molecule has 0 N–H and O–H groups in total. The van der Waals surface area contributed by atoms with Crippen molar-refractivity contribution in [1.29, 1.82) is 0 Å². The molecule has 300 valence electrons. The molecule has 0 radical (unpaired) electrons. The van der Waals surface area contributed by atoms with E-state index >= 15 is 0 Å². The summed E-state index contributed by atoms with van der Waals surface area (Å²) in [5.41, 5.74) is 16.5. The Kier molecular flexibility index (Phi) is 10.8. The first-order chi connectivity index (χ1) is 31.1. The van der Waals surface area contributed by atoms with Crippen molar-refractivity contribution in [1.82, 2.24) is 4.57 Å². The van der Waals surface area contributed by atoms with Gasteiger partial charge in [-0.1, -0.05) is 176 Å². The largest absolute Gasteiger partial charge is 0.311 e. The second kappa shape index (κ2) is 17.4. The topological polar surface area (TPSA) is 8.17 Å². The van der Waals surface area contributed by atoms with Gasteiger partial charge in [0.2, 0.25) is 0 Å². The third kappa shape index (κ3) is 7.83. The Morgan fingerprint density at radius 2 is 0.714 bits per heavy atom. The molecule has 0 aliphatic heterocycles. The maximum atomic E-state index is 3.36. The highest BCUT2D eigenvalue weighted by Gasteiger charge is 2.16. The first-order valence-electron chi connectivity index (χ1n) is 21.6. The third-order valence-electron chi connectivity index (χ3n) is 11.8. The lowest BCUT2D eigenvalue weighted by Crippen LogP contribution is -2.09. The zero-order chi connectivity index (χ0) is 42.5. The number of hydrogen-bond donors (Lipinski definition) is 0. The van der Waals surface area contributed by atoms with Crippen molar-refractivity contribution in [2.75, 3.05) is 4.90 Å². The Morgan fingerprint density at radius 1 is 0.333 bits per heavy atom. The maximum Gasteiger partial charge on any atom is 0.0541 e. The van der Waals surface area contributed by atoms with Gasteiger partial charge >= 0.3 is 0 Å². The number of para-hydroxylation sites is 2. The van der Waals surface area contributed by atoms with Crippen LogP contribution in [0.5, 0.6) is 0 Å². The van der Waals surface area contributed by atoms with Crippen LogP contribution >= 0.6 is 0 Å². The molecule has 10 aromatic carbocycles. The van der Waals surface area contributed by atoms with Gasteiger partial charge < -0.3 is 9.47 Å². The minimum atomic E-state index is 1.10. The molecule has 2 heteroatoms. The molecule has 11 rings (SSSR count). The van der Waals surface area contributed by atoms with E-state index in [9.17, 15) is 0 Å².